The summed E-state index contributed by atoms with van der Waals surface area (Å²) in [5.41, 5.74) is 9.00. The molecule has 0 aliphatic heterocycles. The molecule has 4 rings (SSSR count). The molecule has 0 bridgehead atoms. The second kappa shape index (κ2) is 6.72. The lowest BCUT2D eigenvalue weighted by Crippen LogP contribution is -2.01. The molecular weight excluding hydrogens is 341 g/mol. The molecule has 0 unspecified atom stereocenters. The predicted octanol–water partition coefficient (Wildman–Crippen LogP) is 4.57. The second-order valence-electron chi connectivity index (χ2n) is 6.49. The molecule has 2 aromatic carbocycles. The molecule has 0 fully saturated rings. The Balaban J connectivity index is 1.60. The minimum atomic E-state index is -0.241. The summed E-state index contributed by atoms with van der Waals surface area (Å²) in [5, 5.41) is 4.36. The number of para-hydroxylation sites is 2. The van der Waals surface area contributed by atoms with Gasteiger partial charge >= 0.3 is 0 Å². The summed E-state index contributed by atoms with van der Waals surface area (Å²) in [6.07, 6.45) is 1.78. The summed E-state index contributed by atoms with van der Waals surface area (Å²) in [6, 6.07) is 16.5. The van der Waals surface area contributed by atoms with Crippen LogP contribution in [0, 0.1) is 19.7 Å². The highest BCUT2D eigenvalue weighted by atomic mass is 19.1. The van der Waals surface area contributed by atoms with Gasteiger partial charge in [0.25, 0.3) is 0 Å². The maximum absolute atomic E-state index is 13.2. The molecule has 0 saturated carbocycles. The summed E-state index contributed by atoms with van der Waals surface area (Å²) < 4.78 is 17.2. The number of fused-ring (bicyclic) bond motifs is 1. The van der Waals surface area contributed by atoms with Gasteiger partial charge in [0, 0.05) is 29.7 Å². The zero-order chi connectivity index (χ0) is 19.0. The molecule has 4 aromatic rings. The largest absolute Gasteiger partial charge is 0.318 e. The number of halogens is 1. The number of aryl methyl sites for hydroxylation is 2. The Bertz CT molecular complexity index is 1140. The Morgan fingerprint density at radius 2 is 1.81 bits per heavy atom. The van der Waals surface area contributed by atoms with Gasteiger partial charge in [-0.2, -0.15) is 5.10 Å². The summed E-state index contributed by atoms with van der Waals surface area (Å²) >= 11 is 0. The van der Waals surface area contributed by atoms with Gasteiger partial charge in [-0.25, -0.2) is 14.8 Å². The molecular formula is C21H20FN5. The van der Waals surface area contributed by atoms with E-state index in [1.165, 1.54) is 12.1 Å². The SMILES string of the molecule is Cc1cc(/C=N\Nc2nc3ccccc3n2C)c(C)n1-c1ccc(F)cc1. The Morgan fingerprint density at radius 3 is 2.56 bits per heavy atom. The van der Waals surface area contributed by atoms with Crippen LogP contribution < -0.4 is 5.43 Å². The number of nitrogens with zero attached hydrogens (tertiary/aromatic N) is 4. The van der Waals surface area contributed by atoms with E-state index in [1.54, 1.807) is 18.3 Å². The highest BCUT2D eigenvalue weighted by molar-refractivity contribution is 5.83. The van der Waals surface area contributed by atoms with Crippen molar-refractivity contribution in [3.8, 4) is 5.69 Å². The molecule has 136 valence electrons. The fourth-order valence-corrected chi connectivity index (χ4v) is 3.31. The molecule has 27 heavy (non-hydrogen) atoms. The van der Waals surface area contributed by atoms with Crippen LogP contribution in [0.4, 0.5) is 10.3 Å². The van der Waals surface area contributed by atoms with Crippen LogP contribution in [0.25, 0.3) is 16.7 Å². The lowest BCUT2D eigenvalue weighted by atomic mass is 10.2. The Morgan fingerprint density at radius 1 is 1.07 bits per heavy atom. The number of hydrazone groups is 1. The Hall–Kier alpha value is -3.41. The number of hydrogen-bond acceptors (Lipinski definition) is 3. The number of benzene rings is 2. The highest BCUT2D eigenvalue weighted by Gasteiger charge is 2.10. The van der Waals surface area contributed by atoms with Gasteiger partial charge < -0.3 is 9.13 Å². The van der Waals surface area contributed by atoms with Crippen LogP contribution in [0.5, 0.6) is 0 Å². The zero-order valence-electron chi connectivity index (χ0n) is 15.4. The smallest absolute Gasteiger partial charge is 0.224 e. The minimum absolute atomic E-state index is 0.241. The van der Waals surface area contributed by atoms with E-state index >= 15 is 0 Å². The van der Waals surface area contributed by atoms with E-state index in [9.17, 15) is 4.39 Å². The van der Waals surface area contributed by atoms with Crippen molar-refractivity contribution in [2.45, 2.75) is 13.8 Å². The topological polar surface area (TPSA) is 47.1 Å². The Kier molecular flexibility index (Phi) is 4.24. The lowest BCUT2D eigenvalue weighted by Gasteiger charge is -2.09. The van der Waals surface area contributed by atoms with E-state index < -0.39 is 0 Å². The van der Waals surface area contributed by atoms with Crippen molar-refractivity contribution in [3.63, 3.8) is 0 Å². The third-order valence-corrected chi connectivity index (χ3v) is 4.71. The van der Waals surface area contributed by atoms with Crippen LogP contribution in [0.2, 0.25) is 0 Å². The van der Waals surface area contributed by atoms with E-state index in [1.807, 2.05) is 49.7 Å². The Labute approximate surface area is 156 Å². The molecule has 2 heterocycles. The molecule has 2 aromatic heterocycles. The van der Waals surface area contributed by atoms with Gasteiger partial charge in [0.1, 0.15) is 5.82 Å². The maximum Gasteiger partial charge on any atom is 0.224 e. The van der Waals surface area contributed by atoms with Crippen molar-refractivity contribution in [1.29, 1.82) is 0 Å². The molecule has 5 nitrogen and oxygen atoms in total. The molecule has 0 aliphatic rings. The number of aromatic nitrogens is 3. The normalized spacial score (nSPS) is 11.6. The number of imidazole rings is 1. The average Bonchev–Trinajstić information content (AvgIpc) is 3.13. The van der Waals surface area contributed by atoms with Crippen LogP contribution >= 0.6 is 0 Å². The summed E-state index contributed by atoms with van der Waals surface area (Å²) in [5.74, 6) is 0.439. The van der Waals surface area contributed by atoms with E-state index in [0.29, 0.717) is 5.95 Å². The molecule has 0 radical (unpaired) electrons. The van der Waals surface area contributed by atoms with Crippen molar-refractivity contribution in [1.82, 2.24) is 14.1 Å². The standard InChI is InChI=1S/C21H20FN5/c1-14-12-16(15(2)27(14)18-10-8-17(22)9-11-18)13-23-25-21-24-19-6-4-5-7-20(19)26(21)3/h4-13H,1-3H3,(H,24,25)/b23-13-. The van der Waals surface area contributed by atoms with E-state index in [2.05, 4.69) is 26.1 Å². The fourth-order valence-electron chi connectivity index (χ4n) is 3.31. The second-order valence-corrected chi connectivity index (χ2v) is 6.49. The fraction of sp³-hybridized carbons (Fsp3) is 0.143. The number of anilines is 1. The predicted molar refractivity (Wildman–Crippen MR) is 107 cm³/mol. The molecule has 0 atom stereocenters. The van der Waals surface area contributed by atoms with Crippen LogP contribution in [-0.2, 0) is 7.05 Å². The third kappa shape index (κ3) is 3.10. The van der Waals surface area contributed by atoms with E-state index in [0.717, 1.165) is 33.7 Å². The molecule has 0 saturated heterocycles. The number of nitrogens with one attached hydrogen (secondary N) is 1. The molecule has 1 N–H and O–H groups in total. The van der Waals surface area contributed by atoms with Crippen LogP contribution in [0.15, 0.2) is 59.7 Å². The first-order valence-electron chi connectivity index (χ1n) is 8.70. The summed E-state index contributed by atoms with van der Waals surface area (Å²) in [4.78, 5) is 4.54. The van der Waals surface area contributed by atoms with Gasteiger partial charge in [0.05, 0.1) is 17.2 Å². The van der Waals surface area contributed by atoms with Crippen LogP contribution in [-0.4, -0.2) is 20.3 Å². The van der Waals surface area contributed by atoms with Crippen LogP contribution in [0.1, 0.15) is 17.0 Å². The molecule has 0 aliphatic carbocycles. The molecule has 0 amide bonds. The molecule has 6 heteroatoms. The van der Waals surface area contributed by atoms with Crippen molar-refractivity contribution in [3.05, 3.63) is 77.4 Å². The van der Waals surface area contributed by atoms with E-state index in [4.69, 9.17) is 0 Å². The van der Waals surface area contributed by atoms with Crippen LogP contribution in [0.3, 0.4) is 0 Å². The van der Waals surface area contributed by atoms with Gasteiger partial charge in [-0.15, -0.1) is 0 Å². The summed E-state index contributed by atoms with van der Waals surface area (Å²) in [6.45, 7) is 4.04. The lowest BCUT2D eigenvalue weighted by molar-refractivity contribution is 0.627. The van der Waals surface area contributed by atoms with Gasteiger partial charge in [0.2, 0.25) is 5.95 Å². The zero-order valence-corrected chi connectivity index (χ0v) is 15.4. The highest BCUT2D eigenvalue weighted by Crippen LogP contribution is 2.21. The number of rotatable bonds is 4. The molecule has 0 spiro atoms. The number of hydrogen-bond donors (Lipinski definition) is 1. The van der Waals surface area contributed by atoms with Gasteiger partial charge in [-0.1, -0.05) is 12.1 Å². The first-order chi connectivity index (χ1) is 13.0. The van der Waals surface area contributed by atoms with E-state index in [-0.39, 0.29) is 5.82 Å². The van der Waals surface area contributed by atoms with Gasteiger partial charge in [-0.3, -0.25) is 0 Å². The summed E-state index contributed by atoms with van der Waals surface area (Å²) in [7, 11) is 1.95. The van der Waals surface area contributed by atoms with Gasteiger partial charge in [0.15, 0.2) is 0 Å². The van der Waals surface area contributed by atoms with Crippen molar-refractivity contribution in [2.75, 3.05) is 5.43 Å². The van der Waals surface area contributed by atoms with Gasteiger partial charge in [-0.05, 0) is 56.3 Å². The monoisotopic (exact) mass is 361 g/mol. The first kappa shape index (κ1) is 17.0. The van der Waals surface area contributed by atoms with Crippen molar-refractivity contribution in [2.24, 2.45) is 12.1 Å². The average molecular weight is 361 g/mol. The van der Waals surface area contributed by atoms with Crippen molar-refractivity contribution < 1.29 is 4.39 Å². The first-order valence-corrected chi connectivity index (χ1v) is 8.70. The minimum Gasteiger partial charge on any atom is -0.318 e. The van der Waals surface area contributed by atoms with Crippen molar-refractivity contribution >= 4 is 23.2 Å². The maximum atomic E-state index is 13.2. The third-order valence-electron chi connectivity index (χ3n) is 4.71. The quantitative estimate of drug-likeness (QED) is 0.428.